The van der Waals surface area contributed by atoms with E-state index in [2.05, 4.69) is 44.1 Å². The molecule has 3 nitrogen and oxygen atoms in total. The Morgan fingerprint density at radius 1 is 1.44 bits per heavy atom. The molecule has 0 radical (unpaired) electrons. The van der Waals surface area contributed by atoms with E-state index in [4.69, 9.17) is 0 Å². The predicted molar refractivity (Wildman–Crippen MR) is 82.3 cm³/mol. The number of carbonyl (C=O) groups is 1. The molecule has 0 aliphatic carbocycles. The van der Waals surface area contributed by atoms with Gasteiger partial charge in [-0.3, -0.25) is 4.79 Å². The summed E-state index contributed by atoms with van der Waals surface area (Å²) in [5.41, 5.74) is 0.174. The van der Waals surface area contributed by atoms with E-state index in [1.54, 1.807) is 0 Å². The van der Waals surface area contributed by atoms with Gasteiger partial charge in [0.2, 0.25) is 0 Å². The minimum Gasteiger partial charge on any atom is -0.338 e. The highest BCUT2D eigenvalue weighted by Crippen LogP contribution is 2.33. The van der Waals surface area contributed by atoms with E-state index >= 15 is 0 Å². The monoisotopic (exact) mass is 394 g/mol. The van der Waals surface area contributed by atoms with Gasteiger partial charge >= 0.3 is 0 Å². The van der Waals surface area contributed by atoms with Crippen LogP contribution in [0.1, 0.15) is 29.4 Å². The van der Waals surface area contributed by atoms with Gasteiger partial charge in [-0.25, -0.2) is 0 Å². The van der Waals surface area contributed by atoms with Crippen LogP contribution < -0.4 is 5.32 Å². The van der Waals surface area contributed by atoms with Crippen molar-refractivity contribution in [2.24, 2.45) is 0 Å². The predicted octanol–water partition coefficient (Wildman–Crippen LogP) is 3.49. The number of likely N-dealkylation sites (tertiary alicyclic amines) is 1. The molecule has 1 N–H and O–H groups in total. The van der Waals surface area contributed by atoms with Crippen LogP contribution >= 0.6 is 43.2 Å². The zero-order chi connectivity index (χ0) is 13.3. The average Bonchev–Trinajstić information content (AvgIpc) is 2.70. The molecule has 2 heterocycles. The standard InChI is InChI=1S/C12H16Br2N2OS/c1-12(15-2)3-5-16(6-4-12)11(17)9-7-8(13)10(14)18-9/h7,15H,3-6H2,1-2H3. The average molecular weight is 396 g/mol. The minimum atomic E-state index is 0.143. The minimum absolute atomic E-state index is 0.143. The third-order valence-electron chi connectivity index (χ3n) is 3.61. The summed E-state index contributed by atoms with van der Waals surface area (Å²) in [6, 6.07) is 1.89. The van der Waals surface area contributed by atoms with Gasteiger partial charge in [-0.05, 0) is 64.7 Å². The van der Waals surface area contributed by atoms with E-state index < -0.39 is 0 Å². The third-order valence-corrected chi connectivity index (χ3v) is 6.86. The Labute approximate surface area is 128 Å². The van der Waals surface area contributed by atoms with Crippen LogP contribution in [-0.4, -0.2) is 36.5 Å². The maximum absolute atomic E-state index is 12.3. The summed E-state index contributed by atoms with van der Waals surface area (Å²) in [6.45, 7) is 3.86. The van der Waals surface area contributed by atoms with Crippen molar-refractivity contribution >= 4 is 49.1 Å². The summed E-state index contributed by atoms with van der Waals surface area (Å²) in [7, 11) is 1.99. The maximum atomic E-state index is 12.3. The number of carbonyl (C=O) groups excluding carboxylic acids is 1. The maximum Gasteiger partial charge on any atom is 0.264 e. The molecule has 0 atom stereocenters. The summed E-state index contributed by atoms with van der Waals surface area (Å²) in [5.74, 6) is 0.143. The second-order valence-corrected chi connectivity index (χ2v) is 8.06. The molecule has 0 bridgehead atoms. The molecule has 0 aromatic carbocycles. The summed E-state index contributed by atoms with van der Waals surface area (Å²) >= 11 is 8.33. The normalized spacial score (nSPS) is 19.0. The molecule has 6 heteroatoms. The molecule has 0 saturated carbocycles. The fraction of sp³-hybridized carbons (Fsp3) is 0.583. The molecule has 100 valence electrons. The number of nitrogens with zero attached hydrogens (tertiary/aromatic N) is 1. The summed E-state index contributed by atoms with van der Waals surface area (Å²) in [5, 5.41) is 3.34. The van der Waals surface area contributed by atoms with E-state index in [1.807, 2.05) is 18.0 Å². The van der Waals surface area contributed by atoms with Crippen molar-refractivity contribution in [3.63, 3.8) is 0 Å². The van der Waals surface area contributed by atoms with E-state index in [0.717, 1.165) is 39.1 Å². The summed E-state index contributed by atoms with van der Waals surface area (Å²) in [4.78, 5) is 15.1. The molecule has 1 aliphatic rings. The van der Waals surface area contributed by atoms with Crippen LogP contribution in [0.25, 0.3) is 0 Å². The van der Waals surface area contributed by atoms with Crippen molar-refractivity contribution in [3.05, 3.63) is 19.2 Å². The smallest absolute Gasteiger partial charge is 0.264 e. The van der Waals surface area contributed by atoms with E-state index in [9.17, 15) is 4.79 Å². The van der Waals surface area contributed by atoms with Crippen molar-refractivity contribution in [3.8, 4) is 0 Å². The van der Waals surface area contributed by atoms with Gasteiger partial charge in [0.05, 0.1) is 8.66 Å². The number of hydrogen-bond acceptors (Lipinski definition) is 3. The van der Waals surface area contributed by atoms with Gasteiger partial charge in [0.25, 0.3) is 5.91 Å². The second kappa shape index (κ2) is 5.61. The molecule has 1 aromatic heterocycles. The molecular weight excluding hydrogens is 380 g/mol. The Bertz CT molecular complexity index is 433. The van der Waals surface area contributed by atoms with Crippen molar-refractivity contribution in [1.82, 2.24) is 10.2 Å². The van der Waals surface area contributed by atoms with Crippen molar-refractivity contribution < 1.29 is 4.79 Å². The first kappa shape index (κ1) is 14.5. The van der Waals surface area contributed by atoms with Crippen LogP contribution in [0.4, 0.5) is 0 Å². The van der Waals surface area contributed by atoms with Gasteiger partial charge < -0.3 is 10.2 Å². The number of halogens is 2. The zero-order valence-electron chi connectivity index (χ0n) is 10.4. The molecule has 0 spiro atoms. The molecule has 18 heavy (non-hydrogen) atoms. The van der Waals surface area contributed by atoms with Gasteiger partial charge in [-0.15, -0.1) is 11.3 Å². The SMILES string of the molecule is CNC1(C)CCN(C(=O)c2cc(Br)c(Br)s2)CC1. The van der Waals surface area contributed by atoms with Crippen LogP contribution in [0.5, 0.6) is 0 Å². The first-order valence-corrected chi connectivity index (χ1v) is 8.28. The van der Waals surface area contributed by atoms with E-state index in [0.29, 0.717) is 0 Å². The molecule has 1 aliphatic heterocycles. The number of hydrogen-bond donors (Lipinski definition) is 1. The van der Waals surface area contributed by atoms with Gasteiger partial charge in [0, 0.05) is 23.1 Å². The lowest BCUT2D eigenvalue weighted by Crippen LogP contribution is -2.51. The van der Waals surface area contributed by atoms with E-state index in [-0.39, 0.29) is 11.4 Å². The molecule has 0 unspecified atom stereocenters. The van der Waals surface area contributed by atoms with Crippen LogP contribution in [0.2, 0.25) is 0 Å². The zero-order valence-corrected chi connectivity index (χ0v) is 14.4. The Morgan fingerprint density at radius 3 is 2.50 bits per heavy atom. The highest BCUT2D eigenvalue weighted by Gasteiger charge is 2.31. The van der Waals surface area contributed by atoms with Gasteiger partial charge in [0.15, 0.2) is 0 Å². The lowest BCUT2D eigenvalue weighted by Gasteiger charge is -2.39. The lowest BCUT2D eigenvalue weighted by atomic mass is 9.90. The molecule has 1 aromatic rings. The summed E-state index contributed by atoms with van der Waals surface area (Å²) < 4.78 is 1.93. The molecule has 1 saturated heterocycles. The molecule has 2 rings (SSSR count). The van der Waals surface area contributed by atoms with Crippen LogP contribution in [0.3, 0.4) is 0 Å². The highest BCUT2D eigenvalue weighted by atomic mass is 79.9. The number of nitrogens with one attached hydrogen (secondary N) is 1. The van der Waals surface area contributed by atoms with Crippen LogP contribution in [0, 0.1) is 0 Å². The van der Waals surface area contributed by atoms with Gasteiger partial charge in [-0.1, -0.05) is 0 Å². The Balaban J connectivity index is 2.04. The number of thiophene rings is 1. The second-order valence-electron chi connectivity index (χ2n) is 4.84. The largest absolute Gasteiger partial charge is 0.338 e. The number of amides is 1. The first-order valence-electron chi connectivity index (χ1n) is 5.88. The van der Waals surface area contributed by atoms with Crippen molar-refractivity contribution in [2.75, 3.05) is 20.1 Å². The van der Waals surface area contributed by atoms with Crippen molar-refractivity contribution in [2.45, 2.75) is 25.3 Å². The first-order chi connectivity index (χ1) is 8.45. The number of piperidine rings is 1. The van der Waals surface area contributed by atoms with E-state index in [1.165, 1.54) is 11.3 Å². The summed E-state index contributed by atoms with van der Waals surface area (Å²) in [6.07, 6.45) is 2.01. The molecular formula is C12H16Br2N2OS. The fourth-order valence-corrected chi connectivity index (χ4v) is 4.06. The van der Waals surface area contributed by atoms with Gasteiger partial charge in [0.1, 0.15) is 0 Å². The molecule has 1 amide bonds. The third kappa shape index (κ3) is 2.98. The Morgan fingerprint density at radius 2 is 2.06 bits per heavy atom. The van der Waals surface area contributed by atoms with Crippen molar-refractivity contribution in [1.29, 1.82) is 0 Å². The lowest BCUT2D eigenvalue weighted by molar-refractivity contribution is 0.0666. The highest BCUT2D eigenvalue weighted by molar-refractivity contribution is 9.13. The van der Waals surface area contributed by atoms with Crippen LogP contribution in [0.15, 0.2) is 14.3 Å². The topological polar surface area (TPSA) is 32.3 Å². The quantitative estimate of drug-likeness (QED) is 0.831. The molecule has 1 fully saturated rings. The Kier molecular flexibility index (Phi) is 4.52. The van der Waals surface area contributed by atoms with Crippen LogP contribution in [-0.2, 0) is 0 Å². The Hall–Kier alpha value is 0.0900. The van der Waals surface area contributed by atoms with Gasteiger partial charge in [-0.2, -0.15) is 0 Å². The fourth-order valence-electron chi connectivity index (χ4n) is 2.06. The number of rotatable bonds is 2.